The average Bonchev–Trinajstić information content (AvgIpc) is 2.10. The van der Waals surface area contributed by atoms with Crippen molar-refractivity contribution in [2.24, 2.45) is 0 Å². The summed E-state index contributed by atoms with van der Waals surface area (Å²) < 4.78 is 57.2. The SMILES string of the molecule is COc1cc(F)c(OC(F)F)cc1F. The Balaban J connectivity index is 3.02. The van der Waals surface area contributed by atoms with Gasteiger partial charge in [-0.05, 0) is 0 Å². The number of halogens is 4. The van der Waals surface area contributed by atoms with Gasteiger partial charge in [0.05, 0.1) is 7.11 Å². The van der Waals surface area contributed by atoms with Crippen LogP contribution >= 0.6 is 0 Å². The van der Waals surface area contributed by atoms with Crippen LogP contribution in [0.2, 0.25) is 0 Å². The third kappa shape index (κ3) is 2.27. The van der Waals surface area contributed by atoms with Crippen molar-refractivity contribution in [1.29, 1.82) is 0 Å². The Bertz CT molecular complexity index is 327. The molecule has 0 aromatic heterocycles. The first kappa shape index (κ1) is 10.6. The molecule has 6 heteroatoms. The predicted molar refractivity (Wildman–Crippen MR) is 39.5 cm³/mol. The molecular formula is C8H6F4O2. The number of benzene rings is 1. The van der Waals surface area contributed by atoms with Crippen LogP contribution in [-0.2, 0) is 0 Å². The lowest BCUT2D eigenvalue weighted by Gasteiger charge is -2.07. The molecule has 0 saturated carbocycles. The van der Waals surface area contributed by atoms with Gasteiger partial charge in [-0.15, -0.1) is 0 Å². The third-order valence-electron chi connectivity index (χ3n) is 1.42. The quantitative estimate of drug-likeness (QED) is 0.714. The van der Waals surface area contributed by atoms with Gasteiger partial charge in [0, 0.05) is 12.1 Å². The average molecular weight is 210 g/mol. The van der Waals surface area contributed by atoms with Crippen LogP contribution in [0.15, 0.2) is 12.1 Å². The zero-order valence-corrected chi connectivity index (χ0v) is 7.06. The second-order valence-corrected chi connectivity index (χ2v) is 2.30. The van der Waals surface area contributed by atoms with E-state index in [0.717, 1.165) is 7.11 Å². The van der Waals surface area contributed by atoms with Gasteiger partial charge in [0.15, 0.2) is 23.1 Å². The molecule has 0 aliphatic rings. The Hall–Kier alpha value is -1.46. The molecule has 0 atom stereocenters. The predicted octanol–water partition coefficient (Wildman–Crippen LogP) is 2.57. The molecule has 1 aromatic carbocycles. The lowest BCUT2D eigenvalue weighted by Crippen LogP contribution is -2.04. The largest absolute Gasteiger partial charge is 0.494 e. The Morgan fingerprint density at radius 3 is 2.07 bits per heavy atom. The van der Waals surface area contributed by atoms with Gasteiger partial charge in [0.1, 0.15) is 0 Å². The maximum absolute atomic E-state index is 12.9. The van der Waals surface area contributed by atoms with Crippen molar-refractivity contribution in [2.45, 2.75) is 6.61 Å². The van der Waals surface area contributed by atoms with E-state index in [9.17, 15) is 17.6 Å². The molecule has 2 nitrogen and oxygen atoms in total. The van der Waals surface area contributed by atoms with Gasteiger partial charge in [-0.3, -0.25) is 0 Å². The summed E-state index contributed by atoms with van der Waals surface area (Å²) in [5.74, 6) is -3.30. The lowest BCUT2D eigenvalue weighted by molar-refractivity contribution is -0.0524. The summed E-state index contributed by atoms with van der Waals surface area (Å²) in [7, 11) is 1.13. The van der Waals surface area contributed by atoms with Crippen LogP contribution in [0.1, 0.15) is 0 Å². The molecule has 78 valence electrons. The van der Waals surface area contributed by atoms with Crippen molar-refractivity contribution in [2.75, 3.05) is 7.11 Å². The van der Waals surface area contributed by atoms with Gasteiger partial charge in [0.25, 0.3) is 0 Å². The van der Waals surface area contributed by atoms with E-state index in [1.165, 1.54) is 0 Å². The number of hydrogen-bond donors (Lipinski definition) is 0. The van der Waals surface area contributed by atoms with Gasteiger partial charge in [-0.25, -0.2) is 8.78 Å². The first-order chi connectivity index (χ1) is 6.54. The van der Waals surface area contributed by atoms with E-state index in [1.54, 1.807) is 0 Å². The molecule has 0 N–H and O–H groups in total. The fourth-order valence-corrected chi connectivity index (χ4v) is 0.853. The van der Waals surface area contributed by atoms with E-state index in [1.807, 2.05) is 0 Å². The molecule has 0 aliphatic heterocycles. The Morgan fingerprint density at radius 2 is 1.57 bits per heavy atom. The van der Waals surface area contributed by atoms with Crippen LogP contribution in [0.25, 0.3) is 0 Å². The minimum absolute atomic E-state index is 0.371. The van der Waals surface area contributed by atoms with Gasteiger partial charge in [-0.2, -0.15) is 8.78 Å². The van der Waals surface area contributed by atoms with Crippen LogP contribution in [0.4, 0.5) is 17.6 Å². The molecule has 0 fully saturated rings. The second-order valence-electron chi connectivity index (χ2n) is 2.30. The zero-order chi connectivity index (χ0) is 10.7. The smallest absolute Gasteiger partial charge is 0.387 e. The van der Waals surface area contributed by atoms with E-state index >= 15 is 0 Å². The maximum atomic E-state index is 12.9. The van der Waals surface area contributed by atoms with Gasteiger partial charge in [-0.1, -0.05) is 0 Å². The van der Waals surface area contributed by atoms with Crippen LogP contribution < -0.4 is 9.47 Å². The normalized spacial score (nSPS) is 10.4. The number of rotatable bonds is 3. The number of hydrogen-bond acceptors (Lipinski definition) is 2. The second kappa shape index (κ2) is 4.17. The van der Waals surface area contributed by atoms with Crippen LogP contribution in [0.5, 0.6) is 11.5 Å². The van der Waals surface area contributed by atoms with Gasteiger partial charge in [0.2, 0.25) is 0 Å². The Labute approximate surface area is 77.1 Å². The summed E-state index contributed by atoms with van der Waals surface area (Å²) in [5, 5.41) is 0. The van der Waals surface area contributed by atoms with Crippen molar-refractivity contribution in [1.82, 2.24) is 0 Å². The summed E-state index contributed by atoms with van der Waals surface area (Å²) >= 11 is 0. The lowest BCUT2D eigenvalue weighted by atomic mass is 10.3. The monoisotopic (exact) mass is 210 g/mol. The van der Waals surface area contributed by atoms with Crippen LogP contribution in [0, 0.1) is 11.6 Å². The van der Waals surface area contributed by atoms with Crippen molar-refractivity contribution in [3.8, 4) is 11.5 Å². The highest BCUT2D eigenvalue weighted by molar-refractivity contribution is 5.34. The fraction of sp³-hybridized carbons (Fsp3) is 0.250. The Morgan fingerprint density at radius 1 is 1.07 bits per heavy atom. The molecule has 0 aliphatic carbocycles. The van der Waals surface area contributed by atoms with Crippen molar-refractivity contribution < 1.29 is 27.0 Å². The van der Waals surface area contributed by atoms with Crippen molar-refractivity contribution in [3.63, 3.8) is 0 Å². The molecule has 0 heterocycles. The first-order valence-corrected chi connectivity index (χ1v) is 3.52. The number of alkyl halides is 2. The van der Waals surface area contributed by atoms with Crippen molar-refractivity contribution in [3.05, 3.63) is 23.8 Å². The highest BCUT2D eigenvalue weighted by atomic mass is 19.3. The summed E-state index contributed by atoms with van der Waals surface area (Å²) in [4.78, 5) is 0. The molecule has 14 heavy (non-hydrogen) atoms. The first-order valence-electron chi connectivity index (χ1n) is 3.52. The molecule has 0 spiro atoms. The molecule has 1 rings (SSSR count). The van der Waals surface area contributed by atoms with E-state index in [2.05, 4.69) is 9.47 Å². The van der Waals surface area contributed by atoms with E-state index in [-0.39, 0.29) is 5.75 Å². The summed E-state index contributed by atoms with van der Waals surface area (Å²) in [6, 6.07) is 1.13. The molecule has 0 unspecified atom stereocenters. The topological polar surface area (TPSA) is 18.5 Å². The maximum Gasteiger partial charge on any atom is 0.387 e. The minimum Gasteiger partial charge on any atom is -0.494 e. The molecule has 0 bridgehead atoms. The van der Waals surface area contributed by atoms with E-state index in [4.69, 9.17) is 0 Å². The standard InChI is InChI=1S/C8H6F4O2/c1-13-6-2-5(10)7(3-4(6)9)14-8(11)12/h2-3,8H,1H3. The molecule has 0 amide bonds. The number of ether oxygens (including phenoxy) is 2. The molecule has 1 aromatic rings. The summed E-state index contributed by atoms with van der Waals surface area (Å²) in [6.07, 6.45) is 0. The summed E-state index contributed by atoms with van der Waals surface area (Å²) in [5.41, 5.74) is 0. The van der Waals surface area contributed by atoms with Gasteiger partial charge < -0.3 is 9.47 Å². The molecule has 0 saturated heterocycles. The number of methoxy groups -OCH3 is 1. The summed E-state index contributed by atoms with van der Waals surface area (Å²) in [6.45, 7) is -3.20. The third-order valence-corrected chi connectivity index (χ3v) is 1.42. The van der Waals surface area contributed by atoms with E-state index in [0.29, 0.717) is 12.1 Å². The fourth-order valence-electron chi connectivity index (χ4n) is 0.853. The highest BCUT2D eigenvalue weighted by Crippen LogP contribution is 2.27. The van der Waals surface area contributed by atoms with E-state index < -0.39 is 24.0 Å². The molecule has 0 radical (unpaired) electrons. The zero-order valence-electron chi connectivity index (χ0n) is 7.06. The van der Waals surface area contributed by atoms with Crippen LogP contribution in [-0.4, -0.2) is 13.7 Å². The van der Waals surface area contributed by atoms with Crippen molar-refractivity contribution >= 4 is 0 Å². The minimum atomic E-state index is -3.20. The highest BCUT2D eigenvalue weighted by Gasteiger charge is 2.14. The molecular weight excluding hydrogens is 204 g/mol. The Kier molecular flexibility index (Phi) is 3.16. The van der Waals surface area contributed by atoms with Gasteiger partial charge >= 0.3 is 6.61 Å². The van der Waals surface area contributed by atoms with Crippen LogP contribution in [0.3, 0.4) is 0 Å².